The molecule has 0 rings (SSSR count). The van der Waals surface area contributed by atoms with Crippen LogP contribution in [0.2, 0.25) is 0 Å². The minimum atomic E-state index is -0.568. The van der Waals surface area contributed by atoms with Crippen LogP contribution in [-0.4, -0.2) is 23.5 Å². The summed E-state index contributed by atoms with van der Waals surface area (Å²) < 4.78 is 0. The Labute approximate surface area is 68.1 Å². The molecule has 0 radical (unpaired) electrons. The van der Waals surface area contributed by atoms with Crippen LogP contribution in [0.1, 0.15) is 13.8 Å². The van der Waals surface area contributed by atoms with Crippen molar-refractivity contribution in [1.29, 1.82) is 0 Å². The van der Waals surface area contributed by atoms with Crippen molar-refractivity contribution in [2.45, 2.75) is 25.9 Å². The van der Waals surface area contributed by atoms with Crippen LogP contribution in [0, 0.1) is 0 Å². The van der Waals surface area contributed by atoms with Crippen molar-refractivity contribution in [2.24, 2.45) is 5.73 Å². The van der Waals surface area contributed by atoms with Gasteiger partial charge in [0.25, 0.3) is 0 Å². The third kappa shape index (κ3) is 4.06. The van der Waals surface area contributed by atoms with Crippen LogP contribution in [0.3, 0.4) is 0 Å². The molecule has 0 aliphatic carbocycles. The Bertz CT molecular complexity index is 170. The molecule has 0 aliphatic heterocycles. The minimum absolute atomic E-state index is 0.154. The molecular formula is C6H13N2O2P. The zero-order valence-electron chi connectivity index (χ0n) is 6.63. The molecule has 0 heterocycles. The van der Waals surface area contributed by atoms with E-state index in [9.17, 15) is 9.59 Å². The number of nitrogens with two attached hydrogens (primary N) is 1. The number of hydrogen-bond donors (Lipinski definition) is 2. The molecule has 5 heteroatoms. The van der Waals surface area contributed by atoms with Crippen LogP contribution < -0.4 is 11.1 Å². The number of amides is 1. The molecule has 0 spiro atoms. The van der Waals surface area contributed by atoms with Gasteiger partial charge in [-0.3, -0.25) is 9.59 Å². The average Bonchev–Trinajstić information content (AvgIpc) is 1.87. The minimum Gasteiger partial charge on any atom is -0.345 e. The van der Waals surface area contributed by atoms with Gasteiger partial charge < -0.3 is 11.1 Å². The number of hydrogen-bond acceptors (Lipinski definition) is 3. The van der Waals surface area contributed by atoms with E-state index in [1.807, 2.05) is 9.24 Å². The second kappa shape index (κ2) is 4.42. The molecule has 64 valence electrons. The number of carbonyl (C=O) groups excluding carboxylic acids is 2. The monoisotopic (exact) mass is 176 g/mol. The summed E-state index contributed by atoms with van der Waals surface area (Å²) in [6.45, 7) is 3.17. The Kier molecular flexibility index (Phi) is 4.23. The van der Waals surface area contributed by atoms with Gasteiger partial charge in [-0.1, -0.05) is 9.24 Å². The summed E-state index contributed by atoms with van der Waals surface area (Å²) in [6, 6.07) is -1.04. The molecule has 0 fully saturated rings. The first-order chi connectivity index (χ1) is 4.95. The summed E-state index contributed by atoms with van der Waals surface area (Å²) in [6.07, 6.45) is 0. The Morgan fingerprint density at radius 2 is 1.91 bits per heavy atom. The summed E-state index contributed by atoms with van der Waals surface area (Å²) in [5.41, 5.74) is 5.10. The van der Waals surface area contributed by atoms with Gasteiger partial charge in [-0.2, -0.15) is 0 Å². The third-order valence-corrected chi connectivity index (χ3v) is 1.70. The quantitative estimate of drug-likeness (QED) is 0.555. The SMILES string of the molecule is C[C@H](N)C(=O)N[C@@H](C)C(=O)P. The average molecular weight is 176 g/mol. The molecule has 11 heavy (non-hydrogen) atoms. The van der Waals surface area contributed by atoms with Crippen LogP contribution in [0.5, 0.6) is 0 Å². The summed E-state index contributed by atoms with van der Waals surface area (Å²) in [5.74, 6) is -0.312. The van der Waals surface area contributed by atoms with Crippen LogP contribution in [0.25, 0.3) is 0 Å². The van der Waals surface area contributed by atoms with Gasteiger partial charge in [-0.15, -0.1) is 0 Å². The molecular weight excluding hydrogens is 163 g/mol. The first-order valence-corrected chi connectivity index (χ1v) is 3.88. The van der Waals surface area contributed by atoms with Gasteiger partial charge in [0, 0.05) is 0 Å². The van der Waals surface area contributed by atoms with E-state index in [0.29, 0.717) is 0 Å². The van der Waals surface area contributed by atoms with Crippen molar-refractivity contribution in [3.8, 4) is 0 Å². The van der Waals surface area contributed by atoms with Gasteiger partial charge >= 0.3 is 0 Å². The summed E-state index contributed by atoms with van der Waals surface area (Å²) in [4.78, 5) is 21.5. The molecule has 4 nitrogen and oxygen atoms in total. The fraction of sp³-hybridized carbons (Fsp3) is 0.667. The molecule has 0 saturated heterocycles. The molecule has 0 saturated carbocycles. The topological polar surface area (TPSA) is 72.2 Å². The summed E-state index contributed by atoms with van der Waals surface area (Å²) in [5, 5.41) is 2.44. The van der Waals surface area contributed by atoms with E-state index in [1.165, 1.54) is 0 Å². The van der Waals surface area contributed by atoms with Gasteiger partial charge in [0.15, 0.2) is 5.52 Å². The second-order valence-electron chi connectivity index (χ2n) is 2.42. The molecule has 3 N–H and O–H groups in total. The second-order valence-corrected chi connectivity index (χ2v) is 2.99. The van der Waals surface area contributed by atoms with E-state index in [4.69, 9.17) is 5.73 Å². The van der Waals surface area contributed by atoms with E-state index in [-0.39, 0.29) is 11.4 Å². The zero-order chi connectivity index (χ0) is 9.02. The third-order valence-electron chi connectivity index (χ3n) is 1.20. The van der Waals surface area contributed by atoms with Crippen LogP contribution in [0.4, 0.5) is 0 Å². The summed E-state index contributed by atoms with van der Waals surface area (Å²) >= 11 is 0. The van der Waals surface area contributed by atoms with Crippen molar-refractivity contribution >= 4 is 20.7 Å². The number of nitrogens with one attached hydrogen (secondary N) is 1. The fourth-order valence-corrected chi connectivity index (χ4v) is 0.499. The van der Waals surface area contributed by atoms with Crippen molar-refractivity contribution < 1.29 is 9.59 Å². The Morgan fingerprint density at radius 3 is 2.18 bits per heavy atom. The van der Waals surface area contributed by atoms with Crippen molar-refractivity contribution in [3.05, 3.63) is 0 Å². The number of rotatable bonds is 3. The van der Waals surface area contributed by atoms with Gasteiger partial charge in [-0.05, 0) is 13.8 Å². The highest BCUT2D eigenvalue weighted by Gasteiger charge is 2.13. The standard InChI is InChI=1S/C6H13N2O2P/c1-3(7)5(9)8-4(2)6(10)11/h3-4H,7,11H2,1-2H3,(H,8,9)/t3-,4-/m0/s1. The normalized spacial score (nSPS) is 15.3. The Hall–Kier alpha value is -0.470. The van der Waals surface area contributed by atoms with Gasteiger partial charge in [0.1, 0.15) is 0 Å². The first kappa shape index (κ1) is 10.5. The highest BCUT2D eigenvalue weighted by Crippen LogP contribution is 1.92. The van der Waals surface area contributed by atoms with Crippen molar-refractivity contribution in [2.75, 3.05) is 0 Å². The summed E-state index contributed by atoms with van der Waals surface area (Å²) in [7, 11) is 2.00. The lowest BCUT2D eigenvalue weighted by molar-refractivity contribution is -0.125. The first-order valence-electron chi connectivity index (χ1n) is 3.30. The van der Waals surface area contributed by atoms with E-state index >= 15 is 0 Å². The lowest BCUT2D eigenvalue weighted by Crippen LogP contribution is -2.44. The van der Waals surface area contributed by atoms with Crippen molar-refractivity contribution in [3.63, 3.8) is 0 Å². The molecule has 0 aromatic carbocycles. The molecule has 0 bridgehead atoms. The lowest BCUT2D eigenvalue weighted by Gasteiger charge is -2.11. The highest BCUT2D eigenvalue weighted by atomic mass is 31.0. The smallest absolute Gasteiger partial charge is 0.237 e. The van der Waals surface area contributed by atoms with Crippen LogP contribution in [-0.2, 0) is 9.59 Å². The maximum Gasteiger partial charge on any atom is 0.237 e. The van der Waals surface area contributed by atoms with Gasteiger partial charge in [0.2, 0.25) is 5.91 Å². The molecule has 1 unspecified atom stereocenters. The van der Waals surface area contributed by atoms with Crippen LogP contribution >= 0.6 is 9.24 Å². The fourth-order valence-electron chi connectivity index (χ4n) is 0.416. The van der Waals surface area contributed by atoms with E-state index in [1.54, 1.807) is 13.8 Å². The molecule has 1 amide bonds. The Morgan fingerprint density at radius 1 is 1.45 bits per heavy atom. The largest absolute Gasteiger partial charge is 0.345 e. The van der Waals surface area contributed by atoms with Crippen molar-refractivity contribution in [1.82, 2.24) is 5.32 Å². The van der Waals surface area contributed by atoms with E-state index < -0.39 is 12.1 Å². The Balaban J connectivity index is 3.85. The number of carbonyl (C=O) groups is 2. The zero-order valence-corrected chi connectivity index (χ0v) is 7.78. The molecule has 0 aliphatic rings. The highest BCUT2D eigenvalue weighted by molar-refractivity contribution is 7.40. The van der Waals surface area contributed by atoms with Crippen LogP contribution in [0.15, 0.2) is 0 Å². The molecule has 3 atom stereocenters. The van der Waals surface area contributed by atoms with E-state index in [0.717, 1.165) is 0 Å². The van der Waals surface area contributed by atoms with Gasteiger partial charge in [0.05, 0.1) is 12.1 Å². The molecule has 0 aromatic heterocycles. The predicted octanol–water partition coefficient (Wildman–Crippen LogP) is -0.760. The molecule has 0 aromatic rings. The van der Waals surface area contributed by atoms with Gasteiger partial charge in [-0.25, -0.2) is 0 Å². The van der Waals surface area contributed by atoms with E-state index in [2.05, 4.69) is 5.32 Å². The predicted molar refractivity (Wildman–Crippen MR) is 46.0 cm³/mol. The maximum atomic E-state index is 10.9. The lowest BCUT2D eigenvalue weighted by atomic mass is 10.3. The maximum absolute atomic E-state index is 10.9.